The molecule has 0 amide bonds. The average molecular weight is 295 g/mol. The van der Waals surface area contributed by atoms with Crippen molar-refractivity contribution in [3.63, 3.8) is 0 Å². The van der Waals surface area contributed by atoms with Gasteiger partial charge in [0.25, 0.3) is 10.2 Å². The highest BCUT2D eigenvalue weighted by atomic mass is 35.5. The van der Waals surface area contributed by atoms with Crippen LogP contribution in [0.5, 0.6) is 11.5 Å². The number of halogens is 1. The zero-order valence-corrected chi connectivity index (χ0v) is 11.6. The molecule has 0 atom stereocenters. The molecule has 1 rings (SSSR count). The van der Waals surface area contributed by atoms with Crippen molar-refractivity contribution in [3.05, 3.63) is 18.2 Å². The third-order valence-electron chi connectivity index (χ3n) is 2.02. The van der Waals surface area contributed by atoms with Crippen LogP contribution in [-0.4, -0.2) is 35.1 Å². The Balaban J connectivity index is 2.85. The van der Waals surface area contributed by atoms with Gasteiger partial charge >= 0.3 is 0 Å². The zero-order chi connectivity index (χ0) is 13.6. The summed E-state index contributed by atoms with van der Waals surface area (Å²) in [6, 6.07) is 4.71. The topological polar surface area (TPSA) is 76.7 Å². The first-order valence-corrected chi connectivity index (χ1v) is 7.09. The Kier molecular flexibility index (Phi) is 5.52. The van der Waals surface area contributed by atoms with Gasteiger partial charge in [-0.05, 0) is 12.1 Å². The van der Waals surface area contributed by atoms with Gasteiger partial charge in [0.15, 0.2) is 11.5 Å². The molecule has 0 unspecified atom stereocenters. The lowest BCUT2D eigenvalue weighted by Crippen LogP contribution is -2.31. The van der Waals surface area contributed by atoms with Gasteiger partial charge in [-0.2, -0.15) is 13.1 Å². The summed E-state index contributed by atoms with van der Waals surface area (Å²) in [6.07, 6.45) is 0. The van der Waals surface area contributed by atoms with E-state index in [0.717, 1.165) is 0 Å². The second-order valence-electron chi connectivity index (χ2n) is 3.26. The number of nitrogens with one attached hydrogen (secondary N) is 2. The highest BCUT2D eigenvalue weighted by Crippen LogP contribution is 2.29. The van der Waals surface area contributed by atoms with Gasteiger partial charge in [-0.3, -0.25) is 4.72 Å². The van der Waals surface area contributed by atoms with Crippen molar-refractivity contribution in [3.8, 4) is 11.5 Å². The predicted molar refractivity (Wildman–Crippen MR) is 70.8 cm³/mol. The largest absolute Gasteiger partial charge is 0.493 e. The van der Waals surface area contributed by atoms with Crippen LogP contribution < -0.4 is 18.9 Å². The molecular formula is C10H15ClN2O4S. The fourth-order valence-corrected chi connectivity index (χ4v) is 2.35. The van der Waals surface area contributed by atoms with Gasteiger partial charge in [-0.25, -0.2) is 0 Å². The number of anilines is 1. The fourth-order valence-electron chi connectivity index (χ4n) is 1.26. The molecule has 2 N–H and O–H groups in total. The summed E-state index contributed by atoms with van der Waals surface area (Å²) in [7, 11) is -0.644. The smallest absolute Gasteiger partial charge is 0.299 e. The van der Waals surface area contributed by atoms with E-state index in [4.69, 9.17) is 21.1 Å². The van der Waals surface area contributed by atoms with E-state index < -0.39 is 10.2 Å². The Morgan fingerprint density at radius 3 is 2.44 bits per heavy atom. The first-order chi connectivity index (χ1) is 8.52. The number of hydrogen-bond acceptors (Lipinski definition) is 4. The first-order valence-electron chi connectivity index (χ1n) is 5.08. The second kappa shape index (κ2) is 6.67. The minimum atomic E-state index is -3.62. The normalized spacial score (nSPS) is 11.1. The van der Waals surface area contributed by atoms with Crippen LogP contribution in [0.4, 0.5) is 5.69 Å². The molecule has 0 spiro atoms. The van der Waals surface area contributed by atoms with E-state index in [9.17, 15) is 8.42 Å². The maximum Gasteiger partial charge on any atom is 0.299 e. The molecule has 0 heterocycles. The van der Waals surface area contributed by atoms with Gasteiger partial charge < -0.3 is 9.47 Å². The summed E-state index contributed by atoms with van der Waals surface area (Å²) in [5.74, 6) is 1.16. The molecular weight excluding hydrogens is 280 g/mol. The minimum Gasteiger partial charge on any atom is -0.493 e. The maximum absolute atomic E-state index is 11.6. The fraction of sp³-hybridized carbons (Fsp3) is 0.400. The average Bonchev–Trinajstić information content (AvgIpc) is 2.35. The first kappa shape index (κ1) is 14.9. The summed E-state index contributed by atoms with van der Waals surface area (Å²) in [5.41, 5.74) is 0.370. The molecule has 0 aliphatic carbocycles. The van der Waals surface area contributed by atoms with Crippen LogP contribution in [0.3, 0.4) is 0 Å². The van der Waals surface area contributed by atoms with Crippen LogP contribution in [0.2, 0.25) is 0 Å². The standard InChI is InChI=1S/C10H15ClN2O4S/c1-16-9-4-3-8(7-10(9)17-2)13-18(14,15)12-6-5-11/h3-4,7,12-13H,5-6H2,1-2H3. The Morgan fingerprint density at radius 2 is 1.89 bits per heavy atom. The van der Waals surface area contributed by atoms with Crippen LogP contribution in [-0.2, 0) is 10.2 Å². The van der Waals surface area contributed by atoms with Crippen molar-refractivity contribution in [1.29, 1.82) is 0 Å². The second-order valence-corrected chi connectivity index (χ2v) is 5.14. The van der Waals surface area contributed by atoms with Gasteiger partial charge in [-0.1, -0.05) is 0 Å². The highest BCUT2D eigenvalue weighted by Gasteiger charge is 2.11. The van der Waals surface area contributed by atoms with Crippen LogP contribution in [0.1, 0.15) is 0 Å². The Bertz CT molecular complexity index is 493. The number of hydrogen-bond donors (Lipinski definition) is 2. The molecule has 0 radical (unpaired) electrons. The van der Waals surface area contributed by atoms with Crippen molar-refractivity contribution in [2.45, 2.75) is 0 Å². The molecule has 0 aliphatic rings. The molecule has 1 aromatic rings. The Labute approximate surface area is 111 Å². The third-order valence-corrected chi connectivity index (χ3v) is 3.30. The van der Waals surface area contributed by atoms with Crippen molar-refractivity contribution < 1.29 is 17.9 Å². The molecule has 0 bridgehead atoms. The lowest BCUT2D eigenvalue weighted by molar-refractivity contribution is 0.355. The van der Waals surface area contributed by atoms with Gasteiger partial charge in [0.2, 0.25) is 0 Å². The quantitative estimate of drug-likeness (QED) is 0.741. The number of alkyl halides is 1. The van der Waals surface area contributed by atoms with Crippen molar-refractivity contribution in [1.82, 2.24) is 4.72 Å². The van der Waals surface area contributed by atoms with Gasteiger partial charge in [0.1, 0.15) is 0 Å². The molecule has 0 fully saturated rings. The van der Waals surface area contributed by atoms with Gasteiger partial charge in [0, 0.05) is 18.5 Å². The molecule has 0 aromatic heterocycles. The van der Waals surface area contributed by atoms with E-state index in [1.807, 2.05) is 0 Å². The number of benzene rings is 1. The number of rotatable bonds is 7. The monoisotopic (exact) mass is 294 g/mol. The van der Waals surface area contributed by atoms with Crippen molar-refractivity contribution in [2.75, 3.05) is 31.4 Å². The Hall–Kier alpha value is -1.18. The summed E-state index contributed by atoms with van der Waals surface area (Å²) in [5, 5.41) is 0. The third kappa shape index (κ3) is 4.25. The van der Waals surface area contributed by atoms with Crippen LogP contribution in [0, 0.1) is 0 Å². The van der Waals surface area contributed by atoms with Crippen LogP contribution in [0.25, 0.3) is 0 Å². The van der Waals surface area contributed by atoms with Crippen molar-refractivity contribution in [2.24, 2.45) is 0 Å². The van der Waals surface area contributed by atoms with E-state index in [2.05, 4.69) is 9.44 Å². The molecule has 8 heteroatoms. The SMILES string of the molecule is COc1ccc(NS(=O)(=O)NCCCl)cc1OC. The molecule has 102 valence electrons. The lowest BCUT2D eigenvalue weighted by Gasteiger charge is -2.11. The lowest BCUT2D eigenvalue weighted by atomic mass is 10.3. The molecule has 18 heavy (non-hydrogen) atoms. The predicted octanol–water partition coefficient (Wildman–Crippen LogP) is 1.19. The van der Waals surface area contributed by atoms with E-state index in [1.165, 1.54) is 20.3 Å². The van der Waals surface area contributed by atoms with Crippen LogP contribution >= 0.6 is 11.6 Å². The van der Waals surface area contributed by atoms with E-state index in [0.29, 0.717) is 17.2 Å². The molecule has 6 nitrogen and oxygen atoms in total. The summed E-state index contributed by atoms with van der Waals surface area (Å²) < 4.78 is 37.9. The summed E-state index contributed by atoms with van der Waals surface area (Å²) in [6.45, 7) is 0.157. The van der Waals surface area contributed by atoms with E-state index in [-0.39, 0.29) is 12.4 Å². The van der Waals surface area contributed by atoms with Gasteiger partial charge in [-0.15, -0.1) is 11.6 Å². The van der Waals surface area contributed by atoms with Crippen molar-refractivity contribution >= 4 is 27.5 Å². The van der Waals surface area contributed by atoms with E-state index in [1.54, 1.807) is 12.1 Å². The number of ether oxygens (including phenoxy) is 2. The highest BCUT2D eigenvalue weighted by molar-refractivity contribution is 7.90. The summed E-state index contributed by atoms with van der Waals surface area (Å²) in [4.78, 5) is 0. The summed E-state index contributed by atoms with van der Waals surface area (Å²) >= 11 is 5.41. The van der Waals surface area contributed by atoms with Gasteiger partial charge in [0.05, 0.1) is 19.9 Å². The maximum atomic E-state index is 11.6. The molecule has 1 aromatic carbocycles. The Morgan fingerprint density at radius 1 is 1.22 bits per heavy atom. The molecule has 0 aliphatic heterocycles. The van der Waals surface area contributed by atoms with Crippen LogP contribution in [0.15, 0.2) is 18.2 Å². The molecule has 0 saturated carbocycles. The molecule has 0 saturated heterocycles. The number of methoxy groups -OCH3 is 2. The van der Waals surface area contributed by atoms with E-state index >= 15 is 0 Å². The zero-order valence-electron chi connectivity index (χ0n) is 10.1. The minimum absolute atomic E-state index is 0.157.